The molecule has 2 fully saturated rings. The van der Waals surface area contributed by atoms with E-state index in [0.717, 1.165) is 24.8 Å². The van der Waals surface area contributed by atoms with E-state index in [-0.39, 0.29) is 0 Å². The average Bonchev–Trinajstić information content (AvgIpc) is 2.77. The van der Waals surface area contributed by atoms with Gasteiger partial charge in [-0.2, -0.15) is 0 Å². The fourth-order valence-corrected chi connectivity index (χ4v) is 3.05. The minimum Gasteiger partial charge on any atom is -0.409 e. The van der Waals surface area contributed by atoms with Gasteiger partial charge in [0, 0.05) is 19.5 Å². The molecule has 0 aromatic heterocycles. The second-order valence-electron chi connectivity index (χ2n) is 4.91. The molecule has 86 valence electrons. The summed E-state index contributed by atoms with van der Waals surface area (Å²) in [6, 6.07) is 0. The van der Waals surface area contributed by atoms with E-state index in [4.69, 9.17) is 10.9 Å². The zero-order valence-electron chi connectivity index (χ0n) is 9.23. The van der Waals surface area contributed by atoms with Gasteiger partial charge in [-0.15, -0.1) is 0 Å². The van der Waals surface area contributed by atoms with Crippen molar-refractivity contribution >= 4 is 5.84 Å². The molecule has 0 radical (unpaired) electrons. The first-order chi connectivity index (χ1) is 7.29. The summed E-state index contributed by atoms with van der Waals surface area (Å²) in [6.45, 7) is 3.66. The Hall–Kier alpha value is -0.770. The Kier molecular flexibility index (Phi) is 3.46. The third-order valence-corrected chi connectivity index (χ3v) is 3.84. The molecule has 1 saturated carbocycles. The van der Waals surface area contributed by atoms with Gasteiger partial charge in [-0.3, -0.25) is 0 Å². The van der Waals surface area contributed by atoms with Crippen molar-refractivity contribution in [1.29, 1.82) is 0 Å². The number of likely N-dealkylation sites (tertiary alicyclic amines) is 1. The molecule has 0 aromatic rings. The molecule has 0 aromatic carbocycles. The molecule has 1 heterocycles. The quantitative estimate of drug-likeness (QED) is 0.318. The van der Waals surface area contributed by atoms with Gasteiger partial charge in [0.05, 0.1) is 0 Å². The van der Waals surface area contributed by atoms with Crippen molar-refractivity contribution in [2.45, 2.75) is 32.1 Å². The van der Waals surface area contributed by atoms with Gasteiger partial charge in [0.15, 0.2) is 0 Å². The Morgan fingerprint density at radius 2 is 2.00 bits per heavy atom. The van der Waals surface area contributed by atoms with Gasteiger partial charge in [0.2, 0.25) is 0 Å². The van der Waals surface area contributed by atoms with Crippen LogP contribution in [-0.4, -0.2) is 35.6 Å². The molecule has 4 heteroatoms. The zero-order valence-corrected chi connectivity index (χ0v) is 9.23. The zero-order chi connectivity index (χ0) is 10.7. The van der Waals surface area contributed by atoms with Crippen molar-refractivity contribution in [3.8, 4) is 0 Å². The van der Waals surface area contributed by atoms with Gasteiger partial charge < -0.3 is 15.8 Å². The largest absolute Gasteiger partial charge is 0.409 e. The minimum absolute atomic E-state index is 0.356. The first-order valence-corrected chi connectivity index (χ1v) is 5.98. The maximum Gasteiger partial charge on any atom is 0.139 e. The van der Waals surface area contributed by atoms with E-state index in [1.807, 2.05) is 0 Å². The number of fused-ring (bicyclic) bond motifs is 1. The molecule has 0 spiro atoms. The summed E-state index contributed by atoms with van der Waals surface area (Å²) in [6.07, 6.45) is 6.02. The van der Waals surface area contributed by atoms with Crippen molar-refractivity contribution in [1.82, 2.24) is 4.90 Å². The number of nitrogens with zero attached hydrogens (tertiary/aromatic N) is 2. The molecule has 0 bridgehead atoms. The van der Waals surface area contributed by atoms with E-state index in [1.165, 1.54) is 32.4 Å². The number of hydrogen-bond donors (Lipinski definition) is 2. The Morgan fingerprint density at radius 1 is 1.33 bits per heavy atom. The van der Waals surface area contributed by atoms with E-state index >= 15 is 0 Å². The predicted molar refractivity (Wildman–Crippen MR) is 59.9 cm³/mol. The minimum atomic E-state index is 0.356. The summed E-state index contributed by atoms with van der Waals surface area (Å²) in [5.74, 6) is 2.29. The first kappa shape index (κ1) is 10.7. The van der Waals surface area contributed by atoms with Crippen LogP contribution in [0.4, 0.5) is 0 Å². The summed E-state index contributed by atoms with van der Waals surface area (Å²) < 4.78 is 0. The van der Waals surface area contributed by atoms with Gasteiger partial charge in [-0.25, -0.2) is 0 Å². The van der Waals surface area contributed by atoms with E-state index < -0.39 is 0 Å². The highest BCUT2D eigenvalue weighted by Gasteiger charge is 2.35. The van der Waals surface area contributed by atoms with Crippen LogP contribution < -0.4 is 5.73 Å². The normalized spacial score (nSPS) is 32.1. The third-order valence-electron chi connectivity index (χ3n) is 3.84. The smallest absolute Gasteiger partial charge is 0.139 e. The van der Waals surface area contributed by atoms with Crippen molar-refractivity contribution in [2.24, 2.45) is 22.7 Å². The molecule has 0 amide bonds. The van der Waals surface area contributed by atoms with Gasteiger partial charge in [0.25, 0.3) is 0 Å². The fraction of sp³-hybridized carbons (Fsp3) is 0.909. The molecule has 1 aliphatic carbocycles. The van der Waals surface area contributed by atoms with E-state index in [0.29, 0.717) is 12.3 Å². The molecule has 2 rings (SSSR count). The number of rotatable bonds is 4. The van der Waals surface area contributed by atoms with E-state index in [1.54, 1.807) is 0 Å². The number of oxime groups is 1. The molecule has 4 nitrogen and oxygen atoms in total. The molecule has 3 N–H and O–H groups in total. The van der Waals surface area contributed by atoms with Crippen molar-refractivity contribution < 1.29 is 5.21 Å². The van der Waals surface area contributed by atoms with E-state index in [9.17, 15) is 0 Å². The molecule has 15 heavy (non-hydrogen) atoms. The van der Waals surface area contributed by atoms with Crippen molar-refractivity contribution in [3.05, 3.63) is 0 Å². The van der Waals surface area contributed by atoms with Crippen LogP contribution in [0.2, 0.25) is 0 Å². The van der Waals surface area contributed by atoms with Crippen LogP contribution in [0.25, 0.3) is 0 Å². The Balaban J connectivity index is 1.65. The fourth-order valence-electron chi connectivity index (χ4n) is 3.05. The van der Waals surface area contributed by atoms with Crippen molar-refractivity contribution in [3.63, 3.8) is 0 Å². The molecule has 2 atom stereocenters. The van der Waals surface area contributed by atoms with Crippen LogP contribution in [0.3, 0.4) is 0 Å². The number of nitrogens with two attached hydrogens (primary N) is 1. The van der Waals surface area contributed by atoms with Crippen LogP contribution in [0.1, 0.15) is 32.1 Å². The lowest BCUT2D eigenvalue weighted by molar-refractivity contribution is 0.303. The first-order valence-electron chi connectivity index (χ1n) is 5.98. The lowest BCUT2D eigenvalue weighted by Crippen LogP contribution is -2.24. The van der Waals surface area contributed by atoms with Crippen LogP contribution in [-0.2, 0) is 0 Å². The lowest BCUT2D eigenvalue weighted by Gasteiger charge is -2.15. The van der Waals surface area contributed by atoms with Crippen LogP contribution in [0.15, 0.2) is 5.16 Å². The topological polar surface area (TPSA) is 61.8 Å². The maximum atomic E-state index is 8.41. The summed E-state index contributed by atoms with van der Waals surface area (Å²) in [4.78, 5) is 2.54. The second kappa shape index (κ2) is 4.84. The second-order valence-corrected chi connectivity index (χ2v) is 4.91. The van der Waals surface area contributed by atoms with Crippen molar-refractivity contribution in [2.75, 3.05) is 19.6 Å². The van der Waals surface area contributed by atoms with Crippen LogP contribution in [0, 0.1) is 11.8 Å². The molecular formula is C11H21N3O. The third kappa shape index (κ3) is 2.62. The van der Waals surface area contributed by atoms with Crippen LogP contribution in [0.5, 0.6) is 0 Å². The molecular weight excluding hydrogens is 190 g/mol. The number of hydrogen-bond acceptors (Lipinski definition) is 3. The average molecular weight is 211 g/mol. The summed E-state index contributed by atoms with van der Waals surface area (Å²) in [5.41, 5.74) is 5.43. The number of amidine groups is 1. The highest BCUT2D eigenvalue weighted by Crippen LogP contribution is 2.37. The SMILES string of the molecule is NC(CCCN1CC2CCCC2C1)=NO. The maximum absolute atomic E-state index is 8.41. The standard InChI is InChI=1S/C11H21N3O/c12-11(13-15)5-2-6-14-7-9-3-1-4-10(9)8-14/h9-10,15H,1-8H2,(H2,12,13). The molecule has 1 aliphatic heterocycles. The van der Waals surface area contributed by atoms with Gasteiger partial charge >= 0.3 is 0 Å². The highest BCUT2D eigenvalue weighted by molar-refractivity contribution is 5.79. The lowest BCUT2D eigenvalue weighted by atomic mass is 10.0. The van der Waals surface area contributed by atoms with Gasteiger partial charge in [-0.1, -0.05) is 11.6 Å². The molecule has 1 saturated heterocycles. The Morgan fingerprint density at radius 3 is 2.60 bits per heavy atom. The Labute approximate surface area is 91.1 Å². The van der Waals surface area contributed by atoms with Gasteiger partial charge in [0.1, 0.15) is 5.84 Å². The summed E-state index contributed by atoms with van der Waals surface area (Å²) in [5, 5.41) is 11.4. The van der Waals surface area contributed by atoms with Crippen LogP contribution >= 0.6 is 0 Å². The summed E-state index contributed by atoms with van der Waals surface area (Å²) in [7, 11) is 0. The molecule has 2 unspecified atom stereocenters. The van der Waals surface area contributed by atoms with Gasteiger partial charge in [-0.05, 0) is 37.6 Å². The summed E-state index contributed by atoms with van der Waals surface area (Å²) >= 11 is 0. The predicted octanol–water partition coefficient (Wildman–Crippen LogP) is 1.24. The monoisotopic (exact) mass is 211 g/mol. The Bertz CT molecular complexity index is 230. The molecule has 2 aliphatic rings. The highest BCUT2D eigenvalue weighted by atomic mass is 16.4. The van der Waals surface area contributed by atoms with E-state index in [2.05, 4.69) is 10.1 Å².